The van der Waals surface area contributed by atoms with Crippen molar-refractivity contribution >= 4 is 27.6 Å². The Balaban J connectivity index is 2.26. The van der Waals surface area contributed by atoms with Gasteiger partial charge in [0.25, 0.3) is 5.88 Å². The van der Waals surface area contributed by atoms with Gasteiger partial charge in [0.15, 0.2) is 0 Å². The van der Waals surface area contributed by atoms with Crippen molar-refractivity contribution in [2.75, 3.05) is 7.11 Å². The van der Waals surface area contributed by atoms with Crippen molar-refractivity contribution in [3.05, 3.63) is 56.7 Å². The van der Waals surface area contributed by atoms with Crippen LogP contribution in [-0.2, 0) is 4.74 Å². The minimum Gasteiger partial charge on any atom is -0.465 e. The molecule has 1 heterocycles. The van der Waals surface area contributed by atoms with Crippen LogP contribution in [0.25, 0.3) is 0 Å². The summed E-state index contributed by atoms with van der Waals surface area (Å²) in [4.78, 5) is 25.5. The quantitative estimate of drug-likeness (QED) is 0.476. The van der Waals surface area contributed by atoms with E-state index in [-0.39, 0.29) is 11.6 Å². The van der Waals surface area contributed by atoms with Gasteiger partial charge in [-0.3, -0.25) is 10.1 Å². The van der Waals surface area contributed by atoms with E-state index in [2.05, 4.69) is 25.7 Å². The zero-order chi connectivity index (χ0) is 15.4. The van der Waals surface area contributed by atoms with Crippen LogP contribution in [0.1, 0.15) is 10.4 Å². The lowest BCUT2D eigenvalue weighted by Crippen LogP contribution is -2.00. The first kappa shape index (κ1) is 14.9. The SMILES string of the molecule is COC(=O)c1ccc(Oc2ncc(Br)cc2[N+](=O)[O-])cc1. The van der Waals surface area contributed by atoms with Crippen molar-refractivity contribution in [1.29, 1.82) is 0 Å². The first-order valence-electron chi connectivity index (χ1n) is 5.67. The number of esters is 1. The number of hydrogen-bond donors (Lipinski definition) is 0. The van der Waals surface area contributed by atoms with E-state index in [1.807, 2.05) is 0 Å². The number of carbonyl (C=O) groups excluding carboxylic acids is 1. The predicted octanol–water partition coefficient (Wildman–Crippen LogP) is 3.33. The fraction of sp³-hybridized carbons (Fsp3) is 0.0769. The van der Waals surface area contributed by atoms with Crippen molar-refractivity contribution in [3.8, 4) is 11.6 Å². The molecule has 0 radical (unpaired) electrons. The Morgan fingerprint density at radius 3 is 2.57 bits per heavy atom. The van der Waals surface area contributed by atoms with E-state index in [9.17, 15) is 14.9 Å². The van der Waals surface area contributed by atoms with E-state index in [1.54, 1.807) is 0 Å². The third kappa shape index (κ3) is 3.54. The van der Waals surface area contributed by atoms with Crippen molar-refractivity contribution < 1.29 is 19.2 Å². The number of hydrogen-bond acceptors (Lipinski definition) is 6. The van der Waals surface area contributed by atoms with Crippen molar-refractivity contribution in [2.24, 2.45) is 0 Å². The number of carbonyl (C=O) groups is 1. The predicted molar refractivity (Wildman–Crippen MR) is 76.4 cm³/mol. The number of methoxy groups -OCH3 is 1. The lowest BCUT2D eigenvalue weighted by Gasteiger charge is -2.06. The summed E-state index contributed by atoms with van der Waals surface area (Å²) < 4.78 is 10.4. The zero-order valence-electron chi connectivity index (χ0n) is 10.8. The summed E-state index contributed by atoms with van der Waals surface area (Å²) >= 11 is 3.11. The highest BCUT2D eigenvalue weighted by Gasteiger charge is 2.18. The Kier molecular flexibility index (Phi) is 4.49. The molecular weight excluding hydrogens is 344 g/mol. The number of pyridine rings is 1. The summed E-state index contributed by atoms with van der Waals surface area (Å²) in [6.45, 7) is 0. The summed E-state index contributed by atoms with van der Waals surface area (Å²) in [5.74, 6) is -0.288. The Morgan fingerprint density at radius 1 is 1.33 bits per heavy atom. The average Bonchev–Trinajstić information content (AvgIpc) is 2.49. The maximum absolute atomic E-state index is 11.3. The molecule has 0 bridgehead atoms. The Bertz CT molecular complexity index is 687. The van der Waals surface area contributed by atoms with Crippen LogP contribution < -0.4 is 4.74 Å². The average molecular weight is 353 g/mol. The van der Waals surface area contributed by atoms with Gasteiger partial charge in [0, 0.05) is 16.7 Å². The summed E-state index contributed by atoms with van der Waals surface area (Å²) in [6, 6.07) is 7.28. The lowest BCUT2D eigenvalue weighted by atomic mass is 10.2. The smallest absolute Gasteiger partial charge is 0.337 e. The van der Waals surface area contributed by atoms with Crippen LogP contribution in [0.2, 0.25) is 0 Å². The highest BCUT2D eigenvalue weighted by molar-refractivity contribution is 9.10. The van der Waals surface area contributed by atoms with Crippen LogP contribution in [0.5, 0.6) is 11.6 Å². The third-order valence-corrected chi connectivity index (χ3v) is 2.92. The monoisotopic (exact) mass is 352 g/mol. The number of benzene rings is 1. The van der Waals surface area contributed by atoms with Crippen LogP contribution >= 0.6 is 15.9 Å². The first-order chi connectivity index (χ1) is 10.0. The minimum absolute atomic E-state index is 0.131. The van der Waals surface area contributed by atoms with Crippen LogP contribution in [0.4, 0.5) is 5.69 Å². The fourth-order valence-corrected chi connectivity index (χ4v) is 1.83. The topological polar surface area (TPSA) is 91.6 Å². The number of nitro groups is 1. The van der Waals surface area contributed by atoms with E-state index in [4.69, 9.17) is 4.74 Å². The largest absolute Gasteiger partial charge is 0.465 e. The number of ether oxygens (including phenoxy) is 2. The highest BCUT2D eigenvalue weighted by atomic mass is 79.9. The number of nitrogens with zero attached hydrogens (tertiary/aromatic N) is 2. The molecule has 108 valence electrons. The zero-order valence-corrected chi connectivity index (χ0v) is 12.4. The number of halogens is 1. The molecule has 1 aromatic heterocycles. The molecule has 0 unspecified atom stereocenters. The molecule has 1 aromatic carbocycles. The molecule has 0 N–H and O–H groups in total. The molecule has 0 spiro atoms. The van der Waals surface area contributed by atoms with Crippen LogP contribution in [0, 0.1) is 10.1 Å². The van der Waals surface area contributed by atoms with Gasteiger partial charge in [-0.2, -0.15) is 0 Å². The lowest BCUT2D eigenvalue weighted by molar-refractivity contribution is -0.386. The van der Waals surface area contributed by atoms with E-state index in [0.29, 0.717) is 15.8 Å². The molecule has 0 aliphatic carbocycles. The maximum atomic E-state index is 11.3. The molecular formula is C13H9BrN2O5. The van der Waals surface area contributed by atoms with Gasteiger partial charge in [0.2, 0.25) is 0 Å². The van der Waals surface area contributed by atoms with Crippen LogP contribution in [0.15, 0.2) is 41.0 Å². The minimum atomic E-state index is -0.587. The van der Waals surface area contributed by atoms with Crippen molar-refractivity contribution in [2.45, 2.75) is 0 Å². The molecule has 0 saturated heterocycles. The molecule has 2 rings (SSSR count). The van der Waals surface area contributed by atoms with E-state index in [0.717, 1.165) is 0 Å². The molecule has 0 fully saturated rings. The molecule has 21 heavy (non-hydrogen) atoms. The molecule has 0 aliphatic rings. The molecule has 0 aliphatic heterocycles. The Hall–Kier alpha value is -2.48. The van der Waals surface area contributed by atoms with Crippen molar-refractivity contribution in [1.82, 2.24) is 4.98 Å². The summed E-state index contributed by atoms with van der Waals surface area (Å²) in [7, 11) is 1.28. The Morgan fingerprint density at radius 2 is 2.00 bits per heavy atom. The van der Waals surface area contributed by atoms with Gasteiger partial charge in [0.1, 0.15) is 5.75 Å². The summed E-state index contributed by atoms with van der Waals surface area (Å²) in [6.07, 6.45) is 1.39. The standard InChI is InChI=1S/C13H9BrN2O5/c1-20-13(17)8-2-4-10(5-3-8)21-12-11(16(18)19)6-9(14)7-15-12/h2-7H,1H3. The van der Waals surface area contributed by atoms with Gasteiger partial charge in [0.05, 0.1) is 17.6 Å². The normalized spacial score (nSPS) is 10.0. The molecule has 8 heteroatoms. The second-order valence-corrected chi connectivity index (χ2v) is 4.77. The third-order valence-electron chi connectivity index (χ3n) is 2.49. The Labute approximate surface area is 127 Å². The second kappa shape index (κ2) is 6.31. The first-order valence-corrected chi connectivity index (χ1v) is 6.46. The van der Waals surface area contributed by atoms with Gasteiger partial charge in [-0.15, -0.1) is 0 Å². The fourth-order valence-electron chi connectivity index (χ4n) is 1.51. The van der Waals surface area contributed by atoms with Gasteiger partial charge in [-0.05, 0) is 40.2 Å². The molecule has 0 amide bonds. The molecule has 0 atom stereocenters. The summed E-state index contributed by atoms with van der Waals surface area (Å²) in [5, 5.41) is 11.0. The molecule has 2 aromatic rings. The summed E-state index contributed by atoms with van der Waals surface area (Å²) in [5.41, 5.74) is 0.0875. The number of rotatable bonds is 4. The van der Waals surface area contributed by atoms with E-state index >= 15 is 0 Å². The van der Waals surface area contributed by atoms with E-state index < -0.39 is 10.9 Å². The number of aromatic nitrogens is 1. The van der Waals surface area contributed by atoms with E-state index in [1.165, 1.54) is 43.6 Å². The van der Waals surface area contributed by atoms with Gasteiger partial charge in [-0.25, -0.2) is 9.78 Å². The van der Waals surface area contributed by atoms with Crippen molar-refractivity contribution in [3.63, 3.8) is 0 Å². The highest BCUT2D eigenvalue weighted by Crippen LogP contribution is 2.31. The second-order valence-electron chi connectivity index (χ2n) is 3.85. The molecule has 7 nitrogen and oxygen atoms in total. The molecule has 0 saturated carbocycles. The van der Waals surface area contributed by atoms with Gasteiger partial charge >= 0.3 is 11.7 Å². The van der Waals surface area contributed by atoms with Crippen LogP contribution in [0.3, 0.4) is 0 Å². The maximum Gasteiger partial charge on any atom is 0.337 e. The van der Waals surface area contributed by atoms with Crippen LogP contribution in [-0.4, -0.2) is 23.0 Å². The van der Waals surface area contributed by atoms with Gasteiger partial charge < -0.3 is 9.47 Å². The van der Waals surface area contributed by atoms with Gasteiger partial charge in [-0.1, -0.05) is 0 Å².